The zero-order valence-electron chi connectivity index (χ0n) is 16.3. The molecule has 2 fully saturated rings. The minimum absolute atomic E-state index is 0.0603. The van der Waals surface area contributed by atoms with Crippen LogP contribution >= 0.6 is 23.2 Å². The van der Waals surface area contributed by atoms with Gasteiger partial charge in [0.2, 0.25) is 5.91 Å². The number of halogens is 2. The number of aromatic nitrogens is 1. The molecule has 0 aliphatic carbocycles. The maximum Gasteiger partial charge on any atom is 0.230 e. The Morgan fingerprint density at radius 1 is 1.17 bits per heavy atom. The van der Waals surface area contributed by atoms with Crippen molar-refractivity contribution in [1.29, 1.82) is 0 Å². The second-order valence-electron chi connectivity index (χ2n) is 7.72. The summed E-state index contributed by atoms with van der Waals surface area (Å²) in [5.74, 6) is -0.733. The SMILES string of the molecule is CCS(=O)(=O)Cc1cc([C@@H]2[C@@H](C(=O)Nc3ccc(Cl)c(Cl)c3)[C@H]3CC[C@@H]2O3)ccn1. The lowest BCUT2D eigenvalue weighted by molar-refractivity contribution is -0.121. The smallest absolute Gasteiger partial charge is 0.230 e. The third kappa shape index (κ3) is 4.35. The summed E-state index contributed by atoms with van der Waals surface area (Å²) in [4.78, 5) is 17.4. The third-order valence-corrected chi connectivity index (χ3v) is 8.15. The van der Waals surface area contributed by atoms with Crippen LogP contribution < -0.4 is 5.32 Å². The van der Waals surface area contributed by atoms with Crippen LogP contribution in [0, 0.1) is 5.92 Å². The lowest BCUT2D eigenvalue weighted by Crippen LogP contribution is -2.36. The van der Waals surface area contributed by atoms with E-state index in [-0.39, 0.29) is 41.5 Å². The Morgan fingerprint density at radius 2 is 1.93 bits per heavy atom. The molecule has 30 heavy (non-hydrogen) atoms. The Balaban J connectivity index is 1.59. The number of rotatable bonds is 6. The van der Waals surface area contributed by atoms with Crippen LogP contribution in [0.15, 0.2) is 36.5 Å². The Bertz CT molecular complexity index is 1080. The highest BCUT2D eigenvalue weighted by molar-refractivity contribution is 7.90. The van der Waals surface area contributed by atoms with E-state index < -0.39 is 9.84 Å². The van der Waals surface area contributed by atoms with Crippen LogP contribution in [0.1, 0.15) is 36.9 Å². The van der Waals surface area contributed by atoms with Gasteiger partial charge in [0.05, 0.1) is 39.6 Å². The molecule has 4 rings (SSSR count). The van der Waals surface area contributed by atoms with Gasteiger partial charge < -0.3 is 10.1 Å². The van der Waals surface area contributed by atoms with Crippen molar-refractivity contribution in [3.8, 4) is 0 Å². The largest absolute Gasteiger partial charge is 0.373 e. The summed E-state index contributed by atoms with van der Waals surface area (Å²) in [6.07, 6.45) is 3.06. The molecule has 2 bridgehead atoms. The van der Waals surface area contributed by atoms with E-state index in [4.69, 9.17) is 27.9 Å². The van der Waals surface area contributed by atoms with Crippen molar-refractivity contribution in [2.75, 3.05) is 11.1 Å². The van der Waals surface area contributed by atoms with Crippen LogP contribution in [0.5, 0.6) is 0 Å². The summed E-state index contributed by atoms with van der Waals surface area (Å²) >= 11 is 12.0. The van der Waals surface area contributed by atoms with E-state index >= 15 is 0 Å². The predicted octanol–water partition coefficient (Wildman–Crippen LogP) is 4.22. The van der Waals surface area contributed by atoms with Gasteiger partial charge in [-0.15, -0.1) is 0 Å². The molecule has 1 aromatic carbocycles. The average molecular weight is 469 g/mol. The number of hydrogen-bond acceptors (Lipinski definition) is 5. The highest BCUT2D eigenvalue weighted by atomic mass is 35.5. The first-order valence-electron chi connectivity index (χ1n) is 9.84. The number of nitrogens with one attached hydrogen (secondary N) is 1. The average Bonchev–Trinajstić information content (AvgIpc) is 3.32. The molecule has 2 aliphatic rings. The number of carbonyl (C=O) groups excluding carboxylic acids is 1. The van der Waals surface area contributed by atoms with Gasteiger partial charge in [-0.3, -0.25) is 9.78 Å². The van der Waals surface area contributed by atoms with E-state index in [9.17, 15) is 13.2 Å². The number of hydrogen-bond donors (Lipinski definition) is 1. The summed E-state index contributed by atoms with van der Waals surface area (Å²) in [5, 5.41) is 3.71. The summed E-state index contributed by atoms with van der Waals surface area (Å²) < 4.78 is 30.1. The fourth-order valence-electron chi connectivity index (χ4n) is 4.34. The normalized spacial score (nSPS) is 25.4. The third-order valence-electron chi connectivity index (χ3n) is 5.80. The molecule has 0 saturated carbocycles. The van der Waals surface area contributed by atoms with Crippen molar-refractivity contribution in [1.82, 2.24) is 4.98 Å². The van der Waals surface area contributed by atoms with Crippen molar-refractivity contribution >= 4 is 44.6 Å². The molecule has 3 heterocycles. The maximum absolute atomic E-state index is 13.2. The van der Waals surface area contributed by atoms with Crippen LogP contribution in [-0.4, -0.2) is 37.3 Å². The molecule has 2 aliphatic heterocycles. The first kappa shape index (κ1) is 21.6. The predicted molar refractivity (Wildman–Crippen MR) is 117 cm³/mol. The van der Waals surface area contributed by atoms with Gasteiger partial charge >= 0.3 is 0 Å². The molecule has 0 spiro atoms. The van der Waals surface area contributed by atoms with Crippen LogP contribution in [-0.2, 0) is 25.1 Å². The minimum atomic E-state index is -3.20. The van der Waals surface area contributed by atoms with Gasteiger partial charge in [-0.2, -0.15) is 0 Å². The van der Waals surface area contributed by atoms with Gasteiger partial charge in [0.15, 0.2) is 9.84 Å². The summed E-state index contributed by atoms with van der Waals surface area (Å²) in [5.41, 5.74) is 1.94. The molecule has 1 aromatic heterocycles. The zero-order chi connectivity index (χ0) is 21.5. The minimum Gasteiger partial charge on any atom is -0.373 e. The molecule has 4 atom stereocenters. The number of pyridine rings is 1. The van der Waals surface area contributed by atoms with Crippen LogP contribution in [0.2, 0.25) is 10.0 Å². The van der Waals surface area contributed by atoms with E-state index in [1.807, 2.05) is 6.07 Å². The molecule has 1 N–H and O–H groups in total. The zero-order valence-corrected chi connectivity index (χ0v) is 18.7. The van der Waals surface area contributed by atoms with E-state index in [0.717, 1.165) is 18.4 Å². The Hall–Kier alpha value is -1.67. The summed E-state index contributed by atoms with van der Waals surface area (Å²) in [7, 11) is -3.20. The number of ether oxygens (including phenoxy) is 1. The van der Waals surface area contributed by atoms with Crippen molar-refractivity contribution < 1.29 is 17.9 Å². The summed E-state index contributed by atoms with van der Waals surface area (Å²) in [6, 6.07) is 8.59. The van der Waals surface area contributed by atoms with Gasteiger partial charge in [-0.1, -0.05) is 30.1 Å². The van der Waals surface area contributed by atoms with Gasteiger partial charge in [0, 0.05) is 23.6 Å². The standard InChI is InChI=1S/C21H22Cl2N2O4S/c1-2-30(27,28)11-14-9-12(7-8-24-14)19-17-5-6-18(29-17)20(19)21(26)25-13-3-4-15(22)16(23)10-13/h3-4,7-10,17-20H,2,5-6,11H2,1H3,(H,25,26)/t17-,18+,19-,20-/m0/s1. The second kappa shape index (κ2) is 8.46. The molecule has 1 amide bonds. The highest BCUT2D eigenvalue weighted by Crippen LogP contribution is 2.49. The number of sulfone groups is 1. The highest BCUT2D eigenvalue weighted by Gasteiger charge is 2.52. The molecule has 0 radical (unpaired) electrons. The molecule has 6 nitrogen and oxygen atoms in total. The van der Waals surface area contributed by atoms with E-state index in [2.05, 4.69) is 10.3 Å². The van der Waals surface area contributed by atoms with E-state index in [1.54, 1.807) is 37.4 Å². The molecule has 2 saturated heterocycles. The van der Waals surface area contributed by atoms with Gasteiger partial charge in [0.25, 0.3) is 0 Å². The number of carbonyl (C=O) groups is 1. The van der Waals surface area contributed by atoms with E-state index in [1.165, 1.54) is 0 Å². The second-order valence-corrected chi connectivity index (χ2v) is 10.9. The monoisotopic (exact) mass is 468 g/mol. The number of anilines is 1. The molecule has 160 valence electrons. The lowest BCUT2D eigenvalue weighted by Gasteiger charge is -2.27. The Kier molecular flexibility index (Phi) is 6.08. The fourth-order valence-corrected chi connectivity index (χ4v) is 5.45. The van der Waals surface area contributed by atoms with Crippen molar-refractivity contribution in [2.45, 2.75) is 43.6 Å². The van der Waals surface area contributed by atoms with Crippen molar-refractivity contribution in [3.63, 3.8) is 0 Å². The molecule has 9 heteroatoms. The number of nitrogens with zero attached hydrogens (tertiary/aromatic N) is 1. The number of fused-ring (bicyclic) bond motifs is 2. The van der Waals surface area contributed by atoms with Crippen LogP contribution in [0.25, 0.3) is 0 Å². The van der Waals surface area contributed by atoms with Gasteiger partial charge in [-0.25, -0.2) is 8.42 Å². The fraction of sp³-hybridized carbons (Fsp3) is 0.429. The topological polar surface area (TPSA) is 85.4 Å². The molecule has 0 unspecified atom stereocenters. The molecule has 2 aromatic rings. The number of benzene rings is 1. The summed E-state index contributed by atoms with van der Waals surface area (Å²) in [6.45, 7) is 1.62. The maximum atomic E-state index is 13.2. The lowest BCUT2D eigenvalue weighted by atomic mass is 9.75. The number of amides is 1. The Labute approximate surface area is 185 Å². The van der Waals surface area contributed by atoms with Crippen LogP contribution in [0.3, 0.4) is 0 Å². The molecular weight excluding hydrogens is 447 g/mol. The first-order valence-corrected chi connectivity index (χ1v) is 12.4. The Morgan fingerprint density at radius 3 is 2.67 bits per heavy atom. The van der Waals surface area contributed by atoms with Gasteiger partial charge in [-0.05, 0) is 48.7 Å². The van der Waals surface area contributed by atoms with Crippen molar-refractivity contribution in [2.24, 2.45) is 5.92 Å². The first-order chi connectivity index (χ1) is 14.3. The van der Waals surface area contributed by atoms with Crippen LogP contribution in [0.4, 0.5) is 5.69 Å². The van der Waals surface area contributed by atoms with Gasteiger partial charge in [0.1, 0.15) is 0 Å². The quantitative estimate of drug-likeness (QED) is 0.685. The van der Waals surface area contributed by atoms with Crippen molar-refractivity contribution in [3.05, 3.63) is 57.8 Å². The van der Waals surface area contributed by atoms with E-state index in [0.29, 0.717) is 21.4 Å². The molecular formula is C21H22Cl2N2O4S.